The van der Waals surface area contributed by atoms with Crippen LogP contribution >= 0.6 is 35.0 Å². The molecule has 2 aromatic carbocycles. The maximum Gasteiger partial charge on any atom is 0.237 e. The number of halogens is 2. The van der Waals surface area contributed by atoms with E-state index in [2.05, 4.69) is 10.6 Å². The van der Waals surface area contributed by atoms with E-state index in [-0.39, 0.29) is 23.0 Å². The molecule has 30 heavy (non-hydrogen) atoms. The lowest BCUT2D eigenvalue weighted by molar-refractivity contribution is -0.120. The van der Waals surface area contributed by atoms with Crippen LogP contribution in [0.25, 0.3) is 0 Å². The summed E-state index contributed by atoms with van der Waals surface area (Å²) in [5, 5.41) is 6.56. The topological polar surface area (TPSA) is 58.2 Å². The predicted octanol–water partition coefficient (Wildman–Crippen LogP) is 7.02. The van der Waals surface area contributed by atoms with Crippen molar-refractivity contribution in [1.29, 1.82) is 0 Å². The minimum absolute atomic E-state index is 0.0963. The molecule has 2 amide bonds. The van der Waals surface area contributed by atoms with Crippen LogP contribution in [0.3, 0.4) is 0 Å². The lowest BCUT2D eigenvalue weighted by Crippen LogP contribution is -2.25. The maximum atomic E-state index is 12.8. The highest BCUT2D eigenvalue weighted by Crippen LogP contribution is 2.31. The second kappa shape index (κ2) is 11.1. The van der Waals surface area contributed by atoms with Crippen LogP contribution in [0.5, 0.6) is 0 Å². The third-order valence-corrected chi connectivity index (χ3v) is 7.11. The van der Waals surface area contributed by atoms with Crippen molar-refractivity contribution < 1.29 is 9.59 Å². The molecule has 2 N–H and O–H groups in total. The molecule has 0 spiro atoms. The SMILES string of the molecule is CCC(Sc1cccc(NC(=O)C2CCCCC2)c1)C(=O)Nc1ccc(Cl)cc1Cl. The van der Waals surface area contributed by atoms with Gasteiger partial charge in [-0.25, -0.2) is 0 Å². The van der Waals surface area contributed by atoms with Crippen LogP contribution in [0.4, 0.5) is 11.4 Å². The number of carbonyl (C=O) groups is 2. The zero-order valence-corrected chi connectivity index (χ0v) is 19.2. The molecule has 1 aliphatic carbocycles. The van der Waals surface area contributed by atoms with Crippen molar-refractivity contribution in [1.82, 2.24) is 0 Å². The summed E-state index contributed by atoms with van der Waals surface area (Å²) in [7, 11) is 0. The van der Waals surface area contributed by atoms with Crippen LogP contribution in [0.2, 0.25) is 10.0 Å². The maximum absolute atomic E-state index is 12.8. The number of amides is 2. The normalized spacial score (nSPS) is 15.4. The van der Waals surface area contributed by atoms with E-state index in [1.165, 1.54) is 18.2 Å². The average molecular weight is 465 g/mol. The lowest BCUT2D eigenvalue weighted by atomic mass is 9.88. The first-order valence-corrected chi connectivity index (χ1v) is 11.9. The van der Waals surface area contributed by atoms with E-state index in [9.17, 15) is 9.59 Å². The zero-order valence-electron chi connectivity index (χ0n) is 16.9. The third-order valence-electron chi connectivity index (χ3n) is 5.21. The van der Waals surface area contributed by atoms with E-state index in [0.717, 1.165) is 36.3 Å². The monoisotopic (exact) mass is 464 g/mol. The Morgan fingerprint density at radius 2 is 1.83 bits per heavy atom. The largest absolute Gasteiger partial charge is 0.326 e. The Labute approximate surface area is 192 Å². The van der Waals surface area contributed by atoms with Crippen LogP contribution < -0.4 is 10.6 Å². The Balaban J connectivity index is 1.62. The van der Waals surface area contributed by atoms with Gasteiger partial charge in [0.05, 0.1) is 16.0 Å². The Hall–Kier alpha value is -1.69. The van der Waals surface area contributed by atoms with E-state index < -0.39 is 0 Å². The molecule has 1 atom stereocenters. The molecule has 1 saturated carbocycles. The summed E-state index contributed by atoms with van der Waals surface area (Å²) in [6.07, 6.45) is 6.05. The average Bonchev–Trinajstić information content (AvgIpc) is 2.74. The van der Waals surface area contributed by atoms with Crippen molar-refractivity contribution in [3.05, 3.63) is 52.5 Å². The standard InChI is InChI=1S/C23H26Cl2N2O2S/c1-2-21(23(29)27-20-12-11-16(24)13-19(20)25)30-18-10-6-9-17(14-18)26-22(28)15-7-4-3-5-8-15/h6,9-15,21H,2-5,7-8H2,1H3,(H,26,28)(H,27,29). The number of nitrogens with one attached hydrogen (secondary N) is 2. The van der Waals surface area contributed by atoms with Crippen molar-refractivity contribution in [3.8, 4) is 0 Å². The van der Waals surface area contributed by atoms with E-state index in [1.807, 2.05) is 31.2 Å². The molecule has 1 fully saturated rings. The Morgan fingerprint density at radius 1 is 1.07 bits per heavy atom. The van der Waals surface area contributed by atoms with Crippen LogP contribution in [0, 0.1) is 5.92 Å². The molecule has 0 radical (unpaired) electrons. The molecule has 1 aliphatic rings. The molecule has 0 aromatic heterocycles. The zero-order chi connectivity index (χ0) is 21.5. The predicted molar refractivity (Wildman–Crippen MR) is 127 cm³/mol. The van der Waals surface area contributed by atoms with Gasteiger partial charge in [0, 0.05) is 21.5 Å². The van der Waals surface area contributed by atoms with Crippen molar-refractivity contribution in [2.75, 3.05) is 10.6 Å². The van der Waals surface area contributed by atoms with Gasteiger partial charge in [-0.2, -0.15) is 0 Å². The highest BCUT2D eigenvalue weighted by Gasteiger charge is 2.22. The quantitative estimate of drug-likeness (QED) is 0.432. The molecular formula is C23H26Cl2N2O2S. The minimum Gasteiger partial charge on any atom is -0.326 e. The summed E-state index contributed by atoms with van der Waals surface area (Å²) in [6, 6.07) is 12.7. The number of hydrogen-bond donors (Lipinski definition) is 2. The Bertz CT molecular complexity index is 901. The molecule has 0 bridgehead atoms. The van der Waals surface area contributed by atoms with Gasteiger partial charge in [0.25, 0.3) is 0 Å². The molecule has 7 heteroatoms. The number of anilines is 2. The Kier molecular flexibility index (Phi) is 8.49. The molecular weight excluding hydrogens is 439 g/mol. The first-order chi connectivity index (χ1) is 14.5. The van der Waals surface area contributed by atoms with Gasteiger partial charge >= 0.3 is 0 Å². The molecule has 0 saturated heterocycles. The summed E-state index contributed by atoms with van der Waals surface area (Å²) in [4.78, 5) is 26.2. The second-order valence-electron chi connectivity index (χ2n) is 7.48. The fourth-order valence-corrected chi connectivity index (χ4v) is 5.02. The van der Waals surface area contributed by atoms with Crippen LogP contribution in [0.1, 0.15) is 45.4 Å². The van der Waals surface area contributed by atoms with Crippen LogP contribution in [0.15, 0.2) is 47.4 Å². The summed E-state index contributed by atoms with van der Waals surface area (Å²) in [5.74, 6) is 0.0794. The van der Waals surface area contributed by atoms with E-state index in [0.29, 0.717) is 22.2 Å². The van der Waals surface area contributed by atoms with Gasteiger partial charge in [-0.05, 0) is 55.7 Å². The fourth-order valence-electron chi connectivity index (χ4n) is 3.55. The van der Waals surface area contributed by atoms with Crippen molar-refractivity contribution >= 4 is 58.2 Å². The van der Waals surface area contributed by atoms with Gasteiger partial charge in [0.15, 0.2) is 0 Å². The number of hydrogen-bond acceptors (Lipinski definition) is 3. The summed E-state index contributed by atoms with van der Waals surface area (Å²) < 4.78 is 0. The fraction of sp³-hybridized carbons (Fsp3) is 0.391. The van der Waals surface area contributed by atoms with Gasteiger partial charge < -0.3 is 10.6 Å². The van der Waals surface area contributed by atoms with Gasteiger partial charge in [0.2, 0.25) is 11.8 Å². The van der Waals surface area contributed by atoms with Crippen molar-refractivity contribution in [3.63, 3.8) is 0 Å². The first kappa shape index (κ1) is 23.0. The van der Waals surface area contributed by atoms with Crippen molar-refractivity contribution in [2.45, 2.75) is 55.6 Å². The smallest absolute Gasteiger partial charge is 0.237 e. The molecule has 4 nitrogen and oxygen atoms in total. The molecule has 160 valence electrons. The van der Waals surface area contributed by atoms with Crippen molar-refractivity contribution in [2.24, 2.45) is 5.92 Å². The van der Waals surface area contributed by atoms with Gasteiger partial charge in [-0.1, -0.05) is 55.5 Å². The van der Waals surface area contributed by atoms with Crippen LogP contribution in [-0.4, -0.2) is 17.1 Å². The van der Waals surface area contributed by atoms with E-state index in [1.54, 1.807) is 18.2 Å². The summed E-state index contributed by atoms with van der Waals surface area (Å²) in [5.41, 5.74) is 1.31. The Morgan fingerprint density at radius 3 is 2.53 bits per heavy atom. The lowest BCUT2D eigenvalue weighted by Gasteiger charge is -2.21. The number of carbonyl (C=O) groups excluding carboxylic acids is 2. The molecule has 1 unspecified atom stereocenters. The van der Waals surface area contributed by atoms with Gasteiger partial charge in [-0.15, -0.1) is 11.8 Å². The summed E-state index contributed by atoms with van der Waals surface area (Å²) in [6.45, 7) is 1.97. The van der Waals surface area contributed by atoms with Gasteiger partial charge in [-0.3, -0.25) is 9.59 Å². The highest BCUT2D eigenvalue weighted by atomic mass is 35.5. The number of thioether (sulfide) groups is 1. The second-order valence-corrected chi connectivity index (χ2v) is 9.60. The number of benzene rings is 2. The van der Waals surface area contributed by atoms with Crippen LogP contribution in [-0.2, 0) is 9.59 Å². The molecule has 0 aliphatic heterocycles. The van der Waals surface area contributed by atoms with E-state index in [4.69, 9.17) is 23.2 Å². The van der Waals surface area contributed by atoms with E-state index >= 15 is 0 Å². The molecule has 0 heterocycles. The number of rotatable bonds is 7. The summed E-state index contributed by atoms with van der Waals surface area (Å²) >= 11 is 13.6. The first-order valence-electron chi connectivity index (χ1n) is 10.3. The van der Waals surface area contributed by atoms with Gasteiger partial charge in [0.1, 0.15) is 0 Å². The minimum atomic E-state index is -0.291. The molecule has 3 rings (SSSR count). The molecule has 2 aromatic rings. The third kappa shape index (κ3) is 6.40. The highest BCUT2D eigenvalue weighted by molar-refractivity contribution is 8.00.